The maximum Gasteiger partial charge on any atom is 0.416 e. The first kappa shape index (κ1) is 56.8. The molecule has 0 saturated heterocycles. The fourth-order valence-corrected chi connectivity index (χ4v) is 7.15. The van der Waals surface area contributed by atoms with Crippen LogP contribution in [0.5, 0.6) is 0 Å². The standard InChI is InChI=1S/C24H37F3N2O3.C23H35F3N2O3/c1-29(2,3)18-21(17-23(31)32)28-22(30)12-10-8-6-4-5-7-9-11-19-13-15-20(16-14-19)24(25,26)27;1-28(2)17-20(16-22(30)31)27-21(29)11-9-7-5-3-4-6-8-10-18-12-14-19(15-13-18)23(24,25)26/h13-16,21H,4-12,17-18H2,1-3H3,(H-,28,30,31,32);12-15,20H,3-11,16-17H2,1-2H3,(H,27,29)(H,30,31)/t21-;20-/m11/s1. The quantitative estimate of drug-likeness (QED) is 0.0406. The van der Waals surface area contributed by atoms with E-state index in [0.29, 0.717) is 30.4 Å². The summed E-state index contributed by atoms with van der Waals surface area (Å²) >= 11 is 0. The number of carboxylic acids is 2. The zero-order valence-corrected chi connectivity index (χ0v) is 38.0. The lowest BCUT2D eigenvalue weighted by atomic mass is 10.0. The zero-order valence-electron chi connectivity index (χ0n) is 38.0. The van der Waals surface area contributed by atoms with Crippen LogP contribution >= 0.6 is 0 Å². The van der Waals surface area contributed by atoms with Gasteiger partial charge >= 0.3 is 18.3 Å². The zero-order chi connectivity index (χ0) is 47.5. The number of likely N-dealkylation sites (N-methyl/N-ethyl adjacent to an activating group) is 2. The molecule has 0 saturated carbocycles. The molecule has 0 aliphatic rings. The van der Waals surface area contributed by atoms with Gasteiger partial charge in [0.15, 0.2) is 0 Å². The fourth-order valence-electron chi connectivity index (χ4n) is 7.15. The molecule has 0 spiro atoms. The van der Waals surface area contributed by atoms with Gasteiger partial charge in [-0.1, -0.05) is 88.5 Å². The van der Waals surface area contributed by atoms with E-state index in [1.165, 1.54) is 0 Å². The Bertz CT molecular complexity index is 1600. The molecule has 0 unspecified atom stereocenters. The number of hydrogen-bond donors (Lipinski definition) is 3. The van der Waals surface area contributed by atoms with Gasteiger partial charge in [-0.05, 0) is 88.0 Å². The minimum atomic E-state index is -4.29. The number of nitrogens with zero attached hydrogens (tertiary/aromatic N) is 2. The summed E-state index contributed by atoms with van der Waals surface area (Å²) in [7, 11) is 9.50. The predicted octanol–water partition coefficient (Wildman–Crippen LogP) is 8.59. The van der Waals surface area contributed by atoms with Crippen molar-refractivity contribution < 1.29 is 60.2 Å². The molecule has 2 aromatic rings. The lowest BCUT2D eigenvalue weighted by Gasteiger charge is -2.30. The Labute approximate surface area is 370 Å². The Hall–Kier alpha value is -4.18. The van der Waals surface area contributed by atoms with Crippen LogP contribution < -0.4 is 15.7 Å². The van der Waals surface area contributed by atoms with Gasteiger partial charge in [0.2, 0.25) is 11.8 Å². The number of unbranched alkanes of at least 4 members (excludes halogenated alkanes) is 12. The van der Waals surface area contributed by atoms with E-state index in [4.69, 9.17) is 5.11 Å². The van der Waals surface area contributed by atoms with Crippen molar-refractivity contribution in [2.75, 3.05) is 48.3 Å². The summed E-state index contributed by atoms with van der Waals surface area (Å²) in [6.07, 6.45) is 7.17. The minimum absolute atomic E-state index is 0.0869. The van der Waals surface area contributed by atoms with Crippen LogP contribution in [-0.4, -0.2) is 98.7 Å². The first-order chi connectivity index (χ1) is 29.4. The van der Waals surface area contributed by atoms with Gasteiger partial charge in [-0.15, -0.1) is 0 Å². The summed E-state index contributed by atoms with van der Waals surface area (Å²) in [5, 5.41) is 25.5. The number of nitrogens with one attached hydrogen (secondary N) is 2. The second kappa shape index (κ2) is 30.0. The molecule has 0 fully saturated rings. The topological polar surface area (TPSA) is 139 Å². The number of alkyl halides is 6. The molecule has 0 heterocycles. The number of halogens is 6. The Balaban J connectivity index is 0.000000630. The van der Waals surface area contributed by atoms with Crippen molar-refractivity contribution in [1.29, 1.82) is 0 Å². The first-order valence-electron chi connectivity index (χ1n) is 22.2. The van der Waals surface area contributed by atoms with Crippen molar-refractivity contribution >= 4 is 23.8 Å². The number of carboxylic acid groups (broad SMARTS) is 2. The minimum Gasteiger partial charge on any atom is -0.550 e. The molecule has 0 aliphatic carbocycles. The third kappa shape index (κ3) is 30.5. The van der Waals surface area contributed by atoms with Gasteiger partial charge in [-0.25, -0.2) is 0 Å². The van der Waals surface area contributed by atoms with Gasteiger partial charge in [0, 0.05) is 31.8 Å². The number of hydrogen-bond acceptors (Lipinski definition) is 6. The summed E-state index contributed by atoms with van der Waals surface area (Å²) in [4.78, 5) is 47.8. The highest BCUT2D eigenvalue weighted by molar-refractivity contribution is 5.77. The van der Waals surface area contributed by atoms with Gasteiger partial charge < -0.3 is 35.0 Å². The summed E-state index contributed by atoms with van der Waals surface area (Å²) in [6.45, 7) is 1.01. The average Bonchev–Trinajstić information content (AvgIpc) is 3.15. The van der Waals surface area contributed by atoms with E-state index in [0.717, 1.165) is 138 Å². The second-order valence-corrected chi connectivity index (χ2v) is 17.8. The van der Waals surface area contributed by atoms with Crippen LogP contribution in [0.3, 0.4) is 0 Å². The summed E-state index contributed by atoms with van der Waals surface area (Å²) in [6, 6.07) is 9.91. The van der Waals surface area contributed by atoms with Crippen LogP contribution in [0.1, 0.15) is 138 Å². The molecule has 2 aromatic carbocycles. The van der Waals surface area contributed by atoms with Gasteiger partial charge in [-0.3, -0.25) is 14.4 Å². The number of carbonyl (C=O) groups excluding carboxylic acids is 3. The third-order valence-electron chi connectivity index (χ3n) is 10.2. The molecule has 0 radical (unpaired) electrons. The Morgan fingerprint density at radius 1 is 0.587 bits per heavy atom. The lowest BCUT2D eigenvalue weighted by molar-refractivity contribution is -0.871. The molecule has 2 rings (SSSR count). The first-order valence-corrected chi connectivity index (χ1v) is 22.2. The largest absolute Gasteiger partial charge is 0.550 e. The van der Waals surface area contributed by atoms with E-state index < -0.39 is 41.5 Å². The fraction of sp³-hybridized carbons (Fsp3) is 0.660. The van der Waals surface area contributed by atoms with Crippen molar-refractivity contribution in [3.63, 3.8) is 0 Å². The molecule has 63 heavy (non-hydrogen) atoms. The molecule has 16 heteroatoms. The number of quaternary nitrogens is 1. The van der Waals surface area contributed by atoms with Gasteiger partial charge in [0.1, 0.15) is 0 Å². The lowest BCUT2D eigenvalue weighted by Crippen LogP contribution is -2.50. The molecule has 2 amide bonds. The van der Waals surface area contributed by atoms with Crippen LogP contribution in [0.25, 0.3) is 0 Å². The summed E-state index contributed by atoms with van der Waals surface area (Å²) < 4.78 is 75.9. The Kier molecular flexibility index (Phi) is 27.1. The van der Waals surface area contributed by atoms with Gasteiger partial charge in [0.05, 0.1) is 57.3 Å². The molecule has 3 N–H and O–H groups in total. The summed E-state index contributed by atoms with van der Waals surface area (Å²) in [5.74, 6) is -2.32. The number of carbonyl (C=O) groups is 4. The second-order valence-electron chi connectivity index (χ2n) is 17.8. The average molecular weight is 903 g/mol. The van der Waals surface area contributed by atoms with Crippen molar-refractivity contribution in [3.8, 4) is 0 Å². The number of aryl methyl sites for hydroxylation is 2. The highest BCUT2D eigenvalue weighted by atomic mass is 19.4. The van der Waals surface area contributed by atoms with E-state index >= 15 is 0 Å². The smallest absolute Gasteiger partial charge is 0.416 e. The monoisotopic (exact) mass is 903 g/mol. The number of amides is 2. The molecule has 0 aliphatic heterocycles. The maximum atomic E-state index is 12.6. The van der Waals surface area contributed by atoms with Crippen LogP contribution in [0.15, 0.2) is 48.5 Å². The molecule has 10 nitrogen and oxygen atoms in total. The van der Waals surface area contributed by atoms with E-state index in [2.05, 4.69) is 10.6 Å². The highest BCUT2D eigenvalue weighted by Gasteiger charge is 2.30. The van der Waals surface area contributed by atoms with E-state index in [1.54, 1.807) is 24.3 Å². The normalized spacial score (nSPS) is 12.9. The Morgan fingerprint density at radius 3 is 1.25 bits per heavy atom. The van der Waals surface area contributed by atoms with Crippen LogP contribution in [0.2, 0.25) is 0 Å². The number of benzene rings is 2. The van der Waals surface area contributed by atoms with Crippen LogP contribution in [-0.2, 0) is 44.4 Å². The van der Waals surface area contributed by atoms with E-state index in [1.807, 2.05) is 40.1 Å². The Morgan fingerprint density at radius 2 is 0.937 bits per heavy atom. The molecular weight excluding hydrogens is 831 g/mol. The molecule has 0 bridgehead atoms. The number of aliphatic carboxylic acids is 2. The van der Waals surface area contributed by atoms with Gasteiger partial charge in [-0.2, -0.15) is 26.3 Å². The third-order valence-corrected chi connectivity index (χ3v) is 10.2. The number of rotatable bonds is 30. The van der Waals surface area contributed by atoms with E-state index in [9.17, 15) is 50.6 Å². The van der Waals surface area contributed by atoms with Crippen molar-refractivity contribution in [3.05, 3.63) is 70.8 Å². The van der Waals surface area contributed by atoms with Crippen LogP contribution in [0.4, 0.5) is 26.3 Å². The maximum absolute atomic E-state index is 12.6. The molecular formula is C47H72F6N4O6. The van der Waals surface area contributed by atoms with Crippen molar-refractivity contribution in [1.82, 2.24) is 15.5 Å². The van der Waals surface area contributed by atoms with Crippen molar-refractivity contribution in [2.45, 2.75) is 153 Å². The molecule has 2 atom stereocenters. The van der Waals surface area contributed by atoms with E-state index in [-0.39, 0.29) is 30.7 Å². The molecule has 0 aromatic heterocycles. The predicted molar refractivity (Wildman–Crippen MR) is 231 cm³/mol. The molecule has 358 valence electrons. The SMILES string of the molecule is CN(C)C[C@@H](CC(=O)O)NC(=O)CCCCCCCCCc1ccc(C(F)(F)F)cc1.C[N+](C)(C)C[C@@H](CC(=O)[O-])NC(=O)CCCCCCCCCc1ccc(C(F)(F)F)cc1. The van der Waals surface area contributed by atoms with Crippen molar-refractivity contribution in [2.24, 2.45) is 0 Å². The van der Waals surface area contributed by atoms with Gasteiger partial charge in [0.25, 0.3) is 0 Å². The summed E-state index contributed by atoms with van der Waals surface area (Å²) in [5.41, 5.74) is 0.624. The highest BCUT2D eigenvalue weighted by Crippen LogP contribution is 2.30. The van der Waals surface area contributed by atoms with Crippen LogP contribution in [0, 0.1) is 0 Å².